The predicted molar refractivity (Wildman–Crippen MR) is 69.8 cm³/mol. The molecule has 18 heavy (non-hydrogen) atoms. The lowest BCUT2D eigenvalue weighted by Gasteiger charge is -2.14. The summed E-state index contributed by atoms with van der Waals surface area (Å²) in [5.41, 5.74) is 5.09. The molecule has 0 spiro atoms. The number of hydrogen-bond donors (Lipinski definition) is 1. The van der Waals surface area contributed by atoms with Gasteiger partial charge in [-0.25, -0.2) is 0 Å². The van der Waals surface area contributed by atoms with Crippen molar-refractivity contribution in [2.45, 2.75) is 6.42 Å². The molecule has 0 atom stereocenters. The van der Waals surface area contributed by atoms with E-state index in [4.69, 9.17) is 15.2 Å². The van der Waals surface area contributed by atoms with Crippen LogP contribution in [0.3, 0.4) is 0 Å². The number of carbonyl (C=O) groups is 1. The molecule has 1 amide bonds. The molecular formula is C13H20N2O3. The fraction of sp³-hybridized carbons (Fsp3) is 0.462. The van der Waals surface area contributed by atoms with Gasteiger partial charge in [0.15, 0.2) is 0 Å². The van der Waals surface area contributed by atoms with E-state index < -0.39 is 0 Å². The molecule has 0 aromatic heterocycles. The molecule has 0 unspecified atom stereocenters. The SMILES string of the molecule is COc1ccc(OCCCN(C)CC(N)=O)cc1. The number of ether oxygens (including phenoxy) is 2. The Morgan fingerprint density at radius 1 is 1.28 bits per heavy atom. The van der Waals surface area contributed by atoms with Crippen molar-refractivity contribution in [3.8, 4) is 11.5 Å². The molecule has 2 N–H and O–H groups in total. The number of rotatable bonds is 8. The molecule has 0 aliphatic heterocycles. The minimum atomic E-state index is -0.312. The summed E-state index contributed by atoms with van der Waals surface area (Å²) in [7, 11) is 3.49. The standard InChI is InChI=1S/C13H20N2O3/c1-15(10-13(14)16)8-3-9-18-12-6-4-11(17-2)5-7-12/h4-7H,3,8-10H2,1-2H3,(H2,14,16). The summed E-state index contributed by atoms with van der Waals surface area (Å²) in [6.07, 6.45) is 0.843. The van der Waals surface area contributed by atoms with E-state index in [2.05, 4.69) is 0 Å². The maximum Gasteiger partial charge on any atom is 0.231 e. The van der Waals surface area contributed by atoms with Crippen LogP contribution in [0.25, 0.3) is 0 Å². The third-order valence-electron chi connectivity index (χ3n) is 2.44. The van der Waals surface area contributed by atoms with Crippen LogP contribution < -0.4 is 15.2 Å². The van der Waals surface area contributed by atoms with Gasteiger partial charge < -0.3 is 15.2 Å². The molecule has 1 aromatic carbocycles. The predicted octanol–water partition coefficient (Wildman–Crippen LogP) is 0.881. The first-order valence-electron chi connectivity index (χ1n) is 5.85. The van der Waals surface area contributed by atoms with Crippen molar-refractivity contribution in [1.82, 2.24) is 4.90 Å². The van der Waals surface area contributed by atoms with E-state index in [1.165, 1.54) is 0 Å². The zero-order valence-electron chi connectivity index (χ0n) is 10.9. The highest BCUT2D eigenvalue weighted by Gasteiger charge is 2.02. The Labute approximate surface area is 107 Å². The molecule has 100 valence electrons. The van der Waals surface area contributed by atoms with Gasteiger partial charge in [0.05, 0.1) is 20.3 Å². The van der Waals surface area contributed by atoms with Crippen LogP contribution >= 0.6 is 0 Å². The lowest BCUT2D eigenvalue weighted by molar-refractivity contribution is -0.118. The number of hydrogen-bond acceptors (Lipinski definition) is 4. The van der Waals surface area contributed by atoms with Gasteiger partial charge in [0.25, 0.3) is 0 Å². The summed E-state index contributed by atoms with van der Waals surface area (Å²) in [4.78, 5) is 12.5. The third kappa shape index (κ3) is 5.54. The lowest BCUT2D eigenvalue weighted by Crippen LogP contribution is -2.31. The quantitative estimate of drug-likeness (QED) is 0.698. The second kappa shape index (κ2) is 7.55. The molecule has 1 aromatic rings. The number of methoxy groups -OCH3 is 1. The Hall–Kier alpha value is -1.75. The molecule has 1 rings (SSSR count). The summed E-state index contributed by atoms with van der Waals surface area (Å²) in [6.45, 7) is 1.66. The van der Waals surface area contributed by atoms with Crippen LogP contribution in [0, 0.1) is 0 Å². The van der Waals surface area contributed by atoms with E-state index in [1.54, 1.807) is 7.11 Å². The topological polar surface area (TPSA) is 64.8 Å². The van der Waals surface area contributed by atoms with E-state index in [9.17, 15) is 4.79 Å². The average Bonchev–Trinajstić information content (AvgIpc) is 2.34. The number of carbonyl (C=O) groups excluding carboxylic acids is 1. The molecule has 0 fully saturated rings. The number of benzene rings is 1. The Morgan fingerprint density at radius 2 is 1.89 bits per heavy atom. The van der Waals surface area contributed by atoms with Crippen LogP contribution in [0.1, 0.15) is 6.42 Å². The van der Waals surface area contributed by atoms with Crippen molar-refractivity contribution in [2.75, 3.05) is 33.9 Å². The minimum absolute atomic E-state index is 0.280. The normalized spacial score (nSPS) is 10.4. The highest BCUT2D eigenvalue weighted by Crippen LogP contribution is 2.16. The van der Waals surface area contributed by atoms with E-state index in [1.807, 2.05) is 36.2 Å². The second-order valence-electron chi connectivity index (χ2n) is 4.08. The van der Waals surface area contributed by atoms with Crippen LogP contribution in [0.4, 0.5) is 0 Å². The number of amides is 1. The fourth-order valence-corrected chi connectivity index (χ4v) is 1.54. The fourth-order valence-electron chi connectivity index (χ4n) is 1.54. The second-order valence-corrected chi connectivity index (χ2v) is 4.08. The van der Waals surface area contributed by atoms with Crippen molar-refractivity contribution < 1.29 is 14.3 Å². The van der Waals surface area contributed by atoms with E-state index in [0.29, 0.717) is 6.61 Å². The molecule has 0 saturated heterocycles. The van der Waals surface area contributed by atoms with Crippen LogP contribution in [0.2, 0.25) is 0 Å². The van der Waals surface area contributed by atoms with Gasteiger partial charge in [-0.2, -0.15) is 0 Å². The van der Waals surface area contributed by atoms with Crippen molar-refractivity contribution in [3.63, 3.8) is 0 Å². The number of nitrogens with two attached hydrogens (primary N) is 1. The maximum absolute atomic E-state index is 10.7. The van der Waals surface area contributed by atoms with Crippen molar-refractivity contribution >= 4 is 5.91 Å². The van der Waals surface area contributed by atoms with Gasteiger partial charge in [0.1, 0.15) is 11.5 Å². The molecule has 0 bridgehead atoms. The Morgan fingerprint density at radius 3 is 2.44 bits per heavy atom. The molecule has 0 heterocycles. The van der Waals surface area contributed by atoms with Crippen molar-refractivity contribution in [1.29, 1.82) is 0 Å². The van der Waals surface area contributed by atoms with Gasteiger partial charge in [0.2, 0.25) is 5.91 Å². The molecule has 5 heteroatoms. The van der Waals surface area contributed by atoms with Gasteiger partial charge in [0, 0.05) is 6.54 Å². The zero-order chi connectivity index (χ0) is 13.4. The van der Waals surface area contributed by atoms with Crippen LogP contribution in [-0.4, -0.2) is 44.7 Å². The van der Waals surface area contributed by atoms with E-state index in [0.717, 1.165) is 24.5 Å². The summed E-state index contributed by atoms with van der Waals surface area (Å²) >= 11 is 0. The number of primary amides is 1. The average molecular weight is 252 g/mol. The highest BCUT2D eigenvalue weighted by molar-refractivity contribution is 5.75. The molecule has 0 saturated carbocycles. The van der Waals surface area contributed by atoms with E-state index in [-0.39, 0.29) is 12.5 Å². The van der Waals surface area contributed by atoms with Crippen molar-refractivity contribution in [3.05, 3.63) is 24.3 Å². The molecule has 0 aliphatic carbocycles. The first-order chi connectivity index (χ1) is 8.61. The summed E-state index contributed by atoms with van der Waals surface area (Å²) < 4.78 is 10.6. The molecule has 0 aliphatic rings. The van der Waals surface area contributed by atoms with Gasteiger partial charge in [-0.3, -0.25) is 9.69 Å². The largest absolute Gasteiger partial charge is 0.497 e. The van der Waals surface area contributed by atoms with Crippen LogP contribution in [0.15, 0.2) is 24.3 Å². The Kier molecular flexibility index (Phi) is 6.00. The zero-order valence-corrected chi connectivity index (χ0v) is 10.9. The number of likely N-dealkylation sites (N-methyl/N-ethyl adjacent to an activating group) is 1. The number of nitrogens with zero attached hydrogens (tertiary/aromatic N) is 1. The summed E-state index contributed by atoms with van der Waals surface area (Å²) in [5, 5.41) is 0. The van der Waals surface area contributed by atoms with Gasteiger partial charge in [-0.05, 0) is 37.7 Å². The molecular weight excluding hydrogens is 232 g/mol. The summed E-state index contributed by atoms with van der Waals surface area (Å²) in [6, 6.07) is 7.45. The minimum Gasteiger partial charge on any atom is -0.497 e. The Bertz CT molecular complexity index is 365. The maximum atomic E-state index is 10.7. The first-order valence-corrected chi connectivity index (χ1v) is 5.85. The Balaban J connectivity index is 2.19. The smallest absolute Gasteiger partial charge is 0.231 e. The molecule has 0 radical (unpaired) electrons. The molecule has 5 nitrogen and oxygen atoms in total. The van der Waals surface area contributed by atoms with E-state index >= 15 is 0 Å². The van der Waals surface area contributed by atoms with Crippen LogP contribution in [-0.2, 0) is 4.79 Å². The lowest BCUT2D eigenvalue weighted by atomic mass is 10.3. The van der Waals surface area contributed by atoms with Crippen molar-refractivity contribution in [2.24, 2.45) is 5.73 Å². The van der Waals surface area contributed by atoms with Gasteiger partial charge in [-0.15, -0.1) is 0 Å². The van der Waals surface area contributed by atoms with Gasteiger partial charge >= 0.3 is 0 Å². The first kappa shape index (κ1) is 14.3. The summed E-state index contributed by atoms with van der Waals surface area (Å²) in [5.74, 6) is 1.31. The third-order valence-corrected chi connectivity index (χ3v) is 2.44. The monoisotopic (exact) mass is 252 g/mol. The van der Waals surface area contributed by atoms with Gasteiger partial charge in [-0.1, -0.05) is 0 Å². The highest BCUT2D eigenvalue weighted by atomic mass is 16.5. The van der Waals surface area contributed by atoms with Crippen LogP contribution in [0.5, 0.6) is 11.5 Å².